The van der Waals surface area contributed by atoms with Gasteiger partial charge in [-0.25, -0.2) is 0 Å². The zero-order valence-electron chi connectivity index (χ0n) is 12.8. The molecule has 118 valence electrons. The predicted molar refractivity (Wildman–Crippen MR) is 85.4 cm³/mol. The first-order valence-electron chi connectivity index (χ1n) is 8.02. The van der Waals surface area contributed by atoms with Crippen molar-refractivity contribution < 1.29 is 14.6 Å². The fourth-order valence-electron chi connectivity index (χ4n) is 3.07. The van der Waals surface area contributed by atoms with E-state index in [0.717, 1.165) is 24.1 Å². The summed E-state index contributed by atoms with van der Waals surface area (Å²) < 4.78 is 4.64. The minimum atomic E-state index is -0.313. The Morgan fingerprint density at radius 1 is 1.38 bits per heavy atom. The van der Waals surface area contributed by atoms with Crippen molar-refractivity contribution in [1.82, 2.24) is 0 Å². The zero-order valence-corrected chi connectivity index (χ0v) is 13.7. The van der Waals surface area contributed by atoms with Gasteiger partial charge in [0.25, 0.3) is 0 Å². The van der Waals surface area contributed by atoms with Crippen LogP contribution in [0.3, 0.4) is 0 Å². The van der Waals surface area contributed by atoms with Gasteiger partial charge in [-0.3, -0.25) is 4.79 Å². The number of carbonyl (C=O) groups excluding carboxylic acids is 1. The van der Waals surface area contributed by atoms with Gasteiger partial charge in [0.05, 0.1) is 13.2 Å². The third-order valence-corrected chi connectivity index (χ3v) is 5.57. The van der Waals surface area contributed by atoms with E-state index < -0.39 is 0 Å². The molecule has 1 atom stereocenters. The Labute approximate surface area is 131 Å². The van der Waals surface area contributed by atoms with Crippen molar-refractivity contribution in [3.8, 4) is 0 Å². The molecule has 3 nitrogen and oxygen atoms in total. The van der Waals surface area contributed by atoms with E-state index in [0.29, 0.717) is 12.3 Å². The Bertz CT molecular complexity index is 435. The number of aryl methyl sites for hydroxylation is 1. The third kappa shape index (κ3) is 5.44. The van der Waals surface area contributed by atoms with Crippen molar-refractivity contribution in [3.05, 3.63) is 21.9 Å². The van der Waals surface area contributed by atoms with Crippen LogP contribution in [0.2, 0.25) is 0 Å². The number of hydrogen-bond donors (Lipinski definition) is 1. The summed E-state index contributed by atoms with van der Waals surface area (Å²) >= 11 is 1.69. The lowest BCUT2D eigenvalue weighted by Gasteiger charge is -2.23. The van der Waals surface area contributed by atoms with E-state index in [1.165, 1.54) is 44.1 Å². The molecular formula is C17H26O3S. The summed E-state index contributed by atoms with van der Waals surface area (Å²) in [5.41, 5.74) is 0. The van der Waals surface area contributed by atoms with Crippen molar-refractivity contribution in [3.63, 3.8) is 0 Å². The van der Waals surface area contributed by atoms with Crippen molar-refractivity contribution in [2.45, 2.75) is 63.9 Å². The van der Waals surface area contributed by atoms with Crippen molar-refractivity contribution in [1.29, 1.82) is 0 Å². The summed E-state index contributed by atoms with van der Waals surface area (Å²) in [6.45, 7) is 0. The van der Waals surface area contributed by atoms with Gasteiger partial charge in [-0.05, 0) is 37.3 Å². The maximum atomic E-state index is 11.1. The molecule has 1 aromatic heterocycles. The first kappa shape index (κ1) is 16.5. The zero-order chi connectivity index (χ0) is 15.1. The number of methoxy groups -OCH3 is 1. The number of aliphatic hydroxyl groups excluding tert-OH is 1. The molecule has 0 amide bonds. The summed E-state index contributed by atoms with van der Waals surface area (Å²) in [4.78, 5) is 13.4. The molecule has 1 N–H and O–H groups in total. The van der Waals surface area contributed by atoms with Gasteiger partial charge >= 0.3 is 5.97 Å². The number of hydrogen-bond acceptors (Lipinski definition) is 4. The highest BCUT2D eigenvalue weighted by Crippen LogP contribution is 2.34. The molecule has 1 heterocycles. The van der Waals surface area contributed by atoms with E-state index in [-0.39, 0.29) is 12.1 Å². The number of aliphatic hydroxyl groups is 1. The molecule has 1 unspecified atom stereocenters. The molecule has 0 bridgehead atoms. The minimum Gasteiger partial charge on any atom is -0.469 e. The second kappa shape index (κ2) is 8.54. The van der Waals surface area contributed by atoms with Crippen LogP contribution in [0, 0.1) is 5.92 Å². The first-order chi connectivity index (χ1) is 10.2. The normalized spacial score (nSPS) is 17.6. The van der Waals surface area contributed by atoms with Crippen molar-refractivity contribution >= 4 is 17.3 Å². The number of esters is 1. The molecule has 0 aromatic carbocycles. The van der Waals surface area contributed by atoms with Gasteiger partial charge in [-0.1, -0.05) is 32.1 Å². The van der Waals surface area contributed by atoms with Gasteiger partial charge in [-0.2, -0.15) is 0 Å². The molecule has 1 aromatic rings. The molecule has 1 fully saturated rings. The van der Waals surface area contributed by atoms with Gasteiger partial charge in [0.2, 0.25) is 0 Å². The summed E-state index contributed by atoms with van der Waals surface area (Å²) in [6, 6.07) is 4.13. The van der Waals surface area contributed by atoms with E-state index in [2.05, 4.69) is 10.8 Å². The maximum absolute atomic E-state index is 11.1. The van der Waals surface area contributed by atoms with Crippen molar-refractivity contribution in [2.75, 3.05) is 7.11 Å². The van der Waals surface area contributed by atoms with Crippen LogP contribution < -0.4 is 0 Å². The van der Waals surface area contributed by atoms with Gasteiger partial charge in [0.1, 0.15) is 0 Å². The van der Waals surface area contributed by atoms with Crippen LogP contribution in [0.15, 0.2) is 12.1 Å². The Hall–Kier alpha value is -0.870. The molecule has 1 saturated carbocycles. The van der Waals surface area contributed by atoms with Crippen LogP contribution in [0.4, 0.5) is 0 Å². The number of thiophene rings is 1. The molecule has 0 spiro atoms. The molecule has 2 rings (SSSR count). The highest BCUT2D eigenvalue weighted by Gasteiger charge is 2.19. The second-order valence-corrected chi connectivity index (χ2v) is 7.19. The standard InChI is InChI=1S/C17H26O3S/c1-20-17(19)9-5-8-14-10-11-16(21-14)15(18)12-13-6-3-2-4-7-13/h10-11,13,15,18H,2-9,12H2,1H3. The number of ether oxygens (including phenoxy) is 1. The van der Waals surface area contributed by atoms with Gasteiger partial charge in [-0.15, -0.1) is 11.3 Å². The van der Waals surface area contributed by atoms with E-state index in [1.807, 2.05) is 6.07 Å². The van der Waals surface area contributed by atoms with Gasteiger partial charge in [0, 0.05) is 16.2 Å². The molecule has 0 saturated heterocycles. The molecule has 21 heavy (non-hydrogen) atoms. The van der Waals surface area contributed by atoms with Gasteiger partial charge in [0.15, 0.2) is 0 Å². The second-order valence-electron chi connectivity index (χ2n) is 5.99. The fourth-order valence-corrected chi connectivity index (χ4v) is 4.13. The van der Waals surface area contributed by atoms with E-state index in [4.69, 9.17) is 0 Å². The smallest absolute Gasteiger partial charge is 0.305 e. The fraction of sp³-hybridized carbons (Fsp3) is 0.706. The molecule has 1 aliphatic carbocycles. The summed E-state index contributed by atoms with van der Waals surface area (Å²) in [5, 5.41) is 10.4. The van der Waals surface area contributed by atoms with E-state index >= 15 is 0 Å². The average molecular weight is 310 g/mol. The number of carbonyl (C=O) groups is 1. The minimum absolute atomic E-state index is 0.149. The highest BCUT2D eigenvalue weighted by molar-refractivity contribution is 7.12. The Morgan fingerprint density at radius 2 is 2.14 bits per heavy atom. The van der Waals surface area contributed by atoms with Crippen LogP contribution in [-0.2, 0) is 16.0 Å². The lowest BCUT2D eigenvalue weighted by atomic mass is 9.85. The predicted octanol–water partition coefficient (Wildman–Crippen LogP) is 4.25. The SMILES string of the molecule is COC(=O)CCCc1ccc(C(O)CC2CCCCC2)s1. The quantitative estimate of drug-likeness (QED) is 0.766. The Morgan fingerprint density at radius 3 is 2.86 bits per heavy atom. The topological polar surface area (TPSA) is 46.5 Å². The maximum Gasteiger partial charge on any atom is 0.305 e. The Balaban J connectivity index is 1.76. The average Bonchev–Trinajstić information content (AvgIpc) is 2.97. The molecule has 0 aliphatic heterocycles. The van der Waals surface area contributed by atoms with Crippen LogP contribution in [0.1, 0.15) is 67.2 Å². The Kier molecular flexibility index (Phi) is 6.71. The van der Waals surface area contributed by atoms with Crippen molar-refractivity contribution in [2.24, 2.45) is 5.92 Å². The summed E-state index contributed by atoms with van der Waals surface area (Å²) in [6.07, 6.45) is 9.30. The van der Waals surface area contributed by atoms with Crippen LogP contribution >= 0.6 is 11.3 Å². The first-order valence-corrected chi connectivity index (χ1v) is 8.84. The third-order valence-electron chi connectivity index (χ3n) is 4.32. The summed E-state index contributed by atoms with van der Waals surface area (Å²) in [5.74, 6) is 0.544. The van der Waals surface area contributed by atoms with Crippen LogP contribution in [-0.4, -0.2) is 18.2 Å². The molecular weight excluding hydrogens is 284 g/mol. The van der Waals surface area contributed by atoms with Gasteiger partial charge < -0.3 is 9.84 Å². The highest BCUT2D eigenvalue weighted by atomic mass is 32.1. The van der Waals surface area contributed by atoms with Crippen LogP contribution in [0.25, 0.3) is 0 Å². The molecule has 1 aliphatic rings. The largest absolute Gasteiger partial charge is 0.469 e. The van der Waals surface area contributed by atoms with E-state index in [9.17, 15) is 9.90 Å². The number of rotatable bonds is 7. The molecule has 0 radical (unpaired) electrons. The summed E-state index contributed by atoms with van der Waals surface area (Å²) in [7, 11) is 1.42. The lowest BCUT2D eigenvalue weighted by Crippen LogP contribution is -2.10. The molecule has 4 heteroatoms. The van der Waals surface area contributed by atoms with Crippen LogP contribution in [0.5, 0.6) is 0 Å². The lowest BCUT2D eigenvalue weighted by molar-refractivity contribution is -0.140. The van der Waals surface area contributed by atoms with E-state index in [1.54, 1.807) is 11.3 Å². The monoisotopic (exact) mass is 310 g/mol.